The Bertz CT molecular complexity index is 419. The van der Waals surface area contributed by atoms with Gasteiger partial charge in [0.15, 0.2) is 11.6 Å². The van der Waals surface area contributed by atoms with Crippen molar-refractivity contribution >= 4 is 17.3 Å². The molecule has 7 nitrogen and oxygen atoms in total. The SMILES string of the molecule is COCCCNc1ncnc(N2CCN(C)CC2)c1N. The Morgan fingerprint density at radius 2 is 2.05 bits per heavy atom. The van der Waals surface area contributed by atoms with Gasteiger partial charge >= 0.3 is 0 Å². The monoisotopic (exact) mass is 280 g/mol. The summed E-state index contributed by atoms with van der Waals surface area (Å²) in [6.07, 6.45) is 2.49. The maximum Gasteiger partial charge on any atom is 0.157 e. The first kappa shape index (κ1) is 14.8. The first-order valence-corrected chi connectivity index (χ1v) is 6.99. The van der Waals surface area contributed by atoms with Gasteiger partial charge < -0.3 is 25.6 Å². The summed E-state index contributed by atoms with van der Waals surface area (Å²) in [4.78, 5) is 13.1. The quantitative estimate of drug-likeness (QED) is 0.723. The van der Waals surface area contributed by atoms with E-state index >= 15 is 0 Å². The zero-order valence-electron chi connectivity index (χ0n) is 12.3. The molecule has 0 aliphatic carbocycles. The maximum atomic E-state index is 6.19. The van der Waals surface area contributed by atoms with Gasteiger partial charge in [-0.1, -0.05) is 0 Å². The van der Waals surface area contributed by atoms with Crippen molar-refractivity contribution in [1.82, 2.24) is 14.9 Å². The lowest BCUT2D eigenvalue weighted by Gasteiger charge is -2.33. The van der Waals surface area contributed by atoms with Gasteiger partial charge in [0.25, 0.3) is 0 Å². The summed E-state index contributed by atoms with van der Waals surface area (Å²) < 4.78 is 5.02. The molecule has 20 heavy (non-hydrogen) atoms. The highest BCUT2D eigenvalue weighted by Gasteiger charge is 2.19. The van der Waals surface area contributed by atoms with Gasteiger partial charge in [-0.3, -0.25) is 0 Å². The van der Waals surface area contributed by atoms with E-state index in [1.807, 2.05) is 0 Å². The number of nitrogen functional groups attached to an aromatic ring is 1. The van der Waals surface area contributed by atoms with Crippen LogP contribution >= 0.6 is 0 Å². The lowest BCUT2D eigenvalue weighted by molar-refractivity contribution is 0.198. The summed E-state index contributed by atoms with van der Waals surface area (Å²) in [6, 6.07) is 0. The molecule has 2 heterocycles. The fraction of sp³-hybridized carbons (Fsp3) is 0.692. The summed E-state index contributed by atoms with van der Waals surface area (Å²) in [5.74, 6) is 1.55. The molecule has 0 saturated carbocycles. The van der Waals surface area contributed by atoms with E-state index in [2.05, 4.69) is 32.1 Å². The standard InChI is InChI=1S/C13H24N6O/c1-18-5-7-19(8-6-18)13-11(14)12(16-10-17-13)15-4-3-9-20-2/h10H,3-9,14H2,1-2H3,(H,15,16,17). The smallest absolute Gasteiger partial charge is 0.157 e. The number of aromatic nitrogens is 2. The van der Waals surface area contributed by atoms with Crippen LogP contribution in [0.2, 0.25) is 0 Å². The van der Waals surface area contributed by atoms with E-state index in [4.69, 9.17) is 10.5 Å². The van der Waals surface area contributed by atoms with Crippen molar-refractivity contribution in [3.8, 4) is 0 Å². The van der Waals surface area contributed by atoms with E-state index in [9.17, 15) is 0 Å². The van der Waals surface area contributed by atoms with Crippen LogP contribution in [0, 0.1) is 0 Å². The fourth-order valence-electron chi connectivity index (χ4n) is 2.22. The van der Waals surface area contributed by atoms with Gasteiger partial charge in [-0.25, -0.2) is 9.97 Å². The lowest BCUT2D eigenvalue weighted by atomic mass is 10.3. The Hall–Kier alpha value is -1.60. The minimum atomic E-state index is 0.634. The van der Waals surface area contributed by atoms with E-state index in [1.165, 1.54) is 0 Å². The number of rotatable bonds is 6. The van der Waals surface area contributed by atoms with Gasteiger partial charge in [-0.2, -0.15) is 0 Å². The average molecular weight is 280 g/mol. The summed E-state index contributed by atoms with van der Waals surface area (Å²) in [7, 11) is 3.83. The number of nitrogens with two attached hydrogens (primary N) is 1. The van der Waals surface area contributed by atoms with E-state index < -0.39 is 0 Å². The molecule has 0 bridgehead atoms. The number of methoxy groups -OCH3 is 1. The highest BCUT2D eigenvalue weighted by Crippen LogP contribution is 2.26. The fourth-order valence-corrected chi connectivity index (χ4v) is 2.22. The zero-order valence-corrected chi connectivity index (χ0v) is 12.3. The van der Waals surface area contributed by atoms with Crippen molar-refractivity contribution in [2.24, 2.45) is 0 Å². The van der Waals surface area contributed by atoms with Gasteiger partial charge in [-0.15, -0.1) is 0 Å². The molecule has 112 valence electrons. The molecule has 0 spiro atoms. The van der Waals surface area contributed by atoms with Crippen LogP contribution in [0.1, 0.15) is 6.42 Å². The summed E-state index contributed by atoms with van der Waals surface area (Å²) in [5.41, 5.74) is 6.82. The minimum absolute atomic E-state index is 0.634. The number of nitrogens with zero attached hydrogens (tertiary/aromatic N) is 4. The van der Waals surface area contributed by atoms with Crippen molar-refractivity contribution in [1.29, 1.82) is 0 Å². The molecule has 1 aliphatic heterocycles. The average Bonchev–Trinajstić information content (AvgIpc) is 2.46. The summed E-state index contributed by atoms with van der Waals surface area (Å²) in [5, 5.41) is 3.24. The van der Waals surface area contributed by atoms with Crippen LogP contribution in [0.3, 0.4) is 0 Å². The van der Waals surface area contributed by atoms with E-state index in [0.29, 0.717) is 11.5 Å². The summed E-state index contributed by atoms with van der Waals surface area (Å²) >= 11 is 0. The molecule has 0 atom stereocenters. The molecule has 0 amide bonds. The van der Waals surface area contributed by atoms with Crippen LogP contribution in [0.15, 0.2) is 6.33 Å². The Labute approximate surface area is 120 Å². The first-order chi connectivity index (χ1) is 9.72. The molecule has 7 heteroatoms. The Kier molecular flexibility index (Phi) is 5.37. The van der Waals surface area contributed by atoms with Crippen molar-refractivity contribution in [3.05, 3.63) is 6.33 Å². The van der Waals surface area contributed by atoms with Crippen molar-refractivity contribution < 1.29 is 4.74 Å². The second-order valence-electron chi connectivity index (χ2n) is 5.02. The third kappa shape index (κ3) is 3.71. The van der Waals surface area contributed by atoms with Gasteiger partial charge in [0.05, 0.1) is 0 Å². The molecule has 2 rings (SSSR count). The highest BCUT2D eigenvalue weighted by molar-refractivity contribution is 5.74. The summed E-state index contributed by atoms with van der Waals surface area (Å²) in [6.45, 7) is 5.46. The lowest BCUT2D eigenvalue weighted by Crippen LogP contribution is -2.45. The predicted octanol–water partition coefficient (Wildman–Crippen LogP) is 0.259. The Balaban J connectivity index is 1.99. The molecule has 0 unspecified atom stereocenters. The number of hydrogen-bond acceptors (Lipinski definition) is 7. The van der Waals surface area contributed by atoms with Crippen LogP contribution in [-0.2, 0) is 4.74 Å². The van der Waals surface area contributed by atoms with Crippen LogP contribution in [0.5, 0.6) is 0 Å². The maximum absolute atomic E-state index is 6.19. The molecular weight excluding hydrogens is 256 g/mol. The van der Waals surface area contributed by atoms with Crippen LogP contribution < -0.4 is 16.0 Å². The molecular formula is C13H24N6O. The second-order valence-corrected chi connectivity index (χ2v) is 5.02. The second kappa shape index (κ2) is 7.25. The van der Waals surface area contributed by atoms with Crippen molar-refractivity contribution in [2.75, 3.05) is 69.4 Å². The third-order valence-electron chi connectivity index (χ3n) is 3.48. The molecule has 1 aromatic rings. The number of likely N-dealkylation sites (N-methyl/N-ethyl adjacent to an activating group) is 1. The van der Waals surface area contributed by atoms with Crippen LogP contribution in [0.4, 0.5) is 17.3 Å². The first-order valence-electron chi connectivity index (χ1n) is 6.99. The van der Waals surface area contributed by atoms with E-state index in [-0.39, 0.29) is 0 Å². The molecule has 1 aliphatic rings. The molecule has 1 aromatic heterocycles. The minimum Gasteiger partial charge on any atom is -0.393 e. The van der Waals surface area contributed by atoms with Gasteiger partial charge in [-0.05, 0) is 13.5 Å². The molecule has 0 aromatic carbocycles. The van der Waals surface area contributed by atoms with Crippen molar-refractivity contribution in [2.45, 2.75) is 6.42 Å². The number of hydrogen-bond donors (Lipinski definition) is 2. The molecule has 1 fully saturated rings. The van der Waals surface area contributed by atoms with Crippen LogP contribution in [0.25, 0.3) is 0 Å². The highest BCUT2D eigenvalue weighted by atomic mass is 16.5. The van der Waals surface area contributed by atoms with E-state index in [1.54, 1.807) is 13.4 Å². The van der Waals surface area contributed by atoms with Gasteiger partial charge in [0.2, 0.25) is 0 Å². The normalized spacial score (nSPS) is 16.4. The van der Waals surface area contributed by atoms with Gasteiger partial charge in [0, 0.05) is 46.4 Å². The largest absolute Gasteiger partial charge is 0.393 e. The third-order valence-corrected chi connectivity index (χ3v) is 3.48. The number of nitrogens with one attached hydrogen (secondary N) is 1. The molecule has 0 radical (unpaired) electrons. The topological polar surface area (TPSA) is 79.5 Å². The zero-order chi connectivity index (χ0) is 14.4. The van der Waals surface area contributed by atoms with Gasteiger partial charge in [0.1, 0.15) is 12.0 Å². The molecule has 1 saturated heterocycles. The predicted molar refractivity (Wildman–Crippen MR) is 81.1 cm³/mol. The van der Waals surface area contributed by atoms with E-state index in [0.717, 1.165) is 51.6 Å². The molecule has 3 N–H and O–H groups in total. The van der Waals surface area contributed by atoms with Crippen molar-refractivity contribution in [3.63, 3.8) is 0 Å². The number of piperazine rings is 1. The van der Waals surface area contributed by atoms with Crippen LogP contribution in [-0.4, -0.2) is 68.4 Å². The number of anilines is 3. The number of ether oxygens (including phenoxy) is 1. The Morgan fingerprint density at radius 3 is 2.75 bits per heavy atom. The Morgan fingerprint density at radius 1 is 1.30 bits per heavy atom.